The number of rotatable bonds is 3. The molecule has 2 aromatic rings. The number of halogens is 2. The second kappa shape index (κ2) is 7.62. The Morgan fingerprint density at radius 1 is 1.07 bits per heavy atom. The largest absolute Gasteiger partial charge is 0.362 e. The van der Waals surface area contributed by atoms with E-state index >= 15 is 0 Å². The average molecular weight is 394 g/mol. The van der Waals surface area contributed by atoms with Gasteiger partial charge in [-0.1, -0.05) is 18.2 Å². The van der Waals surface area contributed by atoms with Crippen LogP contribution in [0.25, 0.3) is 0 Å². The van der Waals surface area contributed by atoms with Crippen molar-refractivity contribution in [1.82, 2.24) is 5.32 Å². The summed E-state index contributed by atoms with van der Waals surface area (Å²) in [6.45, 7) is 1.78. The molecule has 29 heavy (non-hydrogen) atoms. The van der Waals surface area contributed by atoms with Crippen LogP contribution in [0.1, 0.15) is 37.7 Å². The Hall–Kier alpha value is -3.28. The minimum atomic E-state index is -0.604. The van der Waals surface area contributed by atoms with Gasteiger partial charge in [0.15, 0.2) is 5.78 Å². The van der Waals surface area contributed by atoms with Gasteiger partial charge in [0.1, 0.15) is 11.6 Å². The molecule has 4 rings (SSSR count). The van der Waals surface area contributed by atoms with Crippen LogP contribution in [0.15, 0.2) is 71.1 Å². The zero-order valence-corrected chi connectivity index (χ0v) is 15.9. The molecule has 1 aliphatic carbocycles. The lowest BCUT2D eigenvalue weighted by atomic mass is 9.75. The third-order valence-corrected chi connectivity index (χ3v) is 5.31. The topological polar surface area (TPSA) is 58.2 Å². The van der Waals surface area contributed by atoms with Crippen LogP contribution in [-0.2, 0) is 9.59 Å². The molecular weight excluding hydrogens is 374 g/mol. The van der Waals surface area contributed by atoms with Gasteiger partial charge in [-0.05, 0) is 55.7 Å². The quantitative estimate of drug-likeness (QED) is 0.802. The van der Waals surface area contributed by atoms with Gasteiger partial charge in [-0.15, -0.1) is 0 Å². The van der Waals surface area contributed by atoms with E-state index in [1.807, 2.05) is 0 Å². The summed E-state index contributed by atoms with van der Waals surface area (Å²) in [6, 6.07) is 11.5. The van der Waals surface area contributed by atoms with Crippen LogP contribution in [0.3, 0.4) is 0 Å². The van der Waals surface area contributed by atoms with Gasteiger partial charge in [-0.2, -0.15) is 0 Å². The number of amides is 1. The number of hydrogen-bond acceptors (Lipinski definition) is 3. The van der Waals surface area contributed by atoms with Crippen LogP contribution in [-0.4, -0.2) is 11.7 Å². The Bertz CT molecular complexity index is 1050. The Morgan fingerprint density at radius 2 is 1.83 bits per heavy atom. The minimum absolute atomic E-state index is 0.0170. The summed E-state index contributed by atoms with van der Waals surface area (Å²) < 4.78 is 27.0. The van der Waals surface area contributed by atoms with Gasteiger partial charge >= 0.3 is 0 Å². The van der Waals surface area contributed by atoms with Crippen LogP contribution in [0.5, 0.6) is 0 Å². The molecule has 0 unspecified atom stereocenters. The lowest BCUT2D eigenvalue weighted by Crippen LogP contribution is -2.35. The Labute approximate surface area is 167 Å². The molecule has 0 radical (unpaired) electrons. The molecule has 0 saturated heterocycles. The first-order valence-electron chi connectivity index (χ1n) is 9.50. The fourth-order valence-corrected chi connectivity index (χ4v) is 4.04. The molecule has 1 aliphatic heterocycles. The van der Waals surface area contributed by atoms with Gasteiger partial charge in [0, 0.05) is 40.6 Å². The van der Waals surface area contributed by atoms with E-state index in [9.17, 15) is 18.4 Å². The zero-order valence-electron chi connectivity index (χ0n) is 15.9. The van der Waals surface area contributed by atoms with Crippen LogP contribution in [0, 0.1) is 11.6 Å². The van der Waals surface area contributed by atoms with Crippen molar-refractivity contribution in [1.29, 1.82) is 0 Å². The first-order valence-corrected chi connectivity index (χ1v) is 9.50. The Balaban J connectivity index is 1.78. The predicted molar refractivity (Wildman–Crippen MR) is 106 cm³/mol. The van der Waals surface area contributed by atoms with Gasteiger partial charge in [0.25, 0.3) is 5.91 Å². The molecule has 1 amide bonds. The van der Waals surface area contributed by atoms with Crippen molar-refractivity contribution in [3.8, 4) is 0 Å². The van der Waals surface area contributed by atoms with Gasteiger partial charge in [0.05, 0.1) is 0 Å². The molecular formula is C23H20F2N2O2. The summed E-state index contributed by atoms with van der Waals surface area (Å²) in [6.07, 6.45) is 1.88. The summed E-state index contributed by atoms with van der Waals surface area (Å²) in [4.78, 5) is 26.0. The Kier molecular flexibility index (Phi) is 5.01. The van der Waals surface area contributed by atoms with Gasteiger partial charge < -0.3 is 10.6 Å². The first-order chi connectivity index (χ1) is 13.9. The standard InChI is InChI=1S/C23H20F2N2O2/c1-13-20(23(29)27-17-5-2-4-16(25)12-17)21(14-8-10-15(24)11-9-14)22-18(26-13)6-3-7-19(22)28/h2,4-5,8-12,21,26H,3,6-7H2,1H3,(H,27,29)/t21-/m0/s1. The molecule has 6 heteroatoms. The number of Topliss-reactive ketones (excluding diaryl/α,β-unsaturated/α-hetero) is 1. The van der Waals surface area contributed by atoms with Crippen molar-refractivity contribution >= 4 is 17.4 Å². The van der Waals surface area contributed by atoms with Crippen molar-refractivity contribution in [2.75, 3.05) is 5.32 Å². The first kappa shape index (κ1) is 19.1. The third-order valence-electron chi connectivity index (χ3n) is 5.31. The number of nitrogens with one attached hydrogen (secondary N) is 2. The average Bonchev–Trinajstić information content (AvgIpc) is 2.67. The van der Waals surface area contributed by atoms with E-state index in [1.165, 1.54) is 30.3 Å². The van der Waals surface area contributed by atoms with Gasteiger partial charge in [0.2, 0.25) is 0 Å². The van der Waals surface area contributed by atoms with Gasteiger partial charge in [-0.3, -0.25) is 9.59 Å². The molecule has 148 valence electrons. The number of carbonyl (C=O) groups is 2. The minimum Gasteiger partial charge on any atom is -0.362 e. The number of anilines is 1. The number of carbonyl (C=O) groups excluding carboxylic acids is 2. The zero-order chi connectivity index (χ0) is 20.5. The highest BCUT2D eigenvalue weighted by Crippen LogP contribution is 2.42. The molecule has 2 aliphatic rings. The maximum absolute atomic E-state index is 13.5. The summed E-state index contributed by atoms with van der Waals surface area (Å²) in [5.74, 6) is -1.90. The molecule has 0 aromatic heterocycles. The highest BCUT2D eigenvalue weighted by molar-refractivity contribution is 6.09. The lowest BCUT2D eigenvalue weighted by molar-refractivity contribution is -0.116. The number of dihydropyridines is 1. The Morgan fingerprint density at radius 3 is 2.55 bits per heavy atom. The molecule has 2 N–H and O–H groups in total. The molecule has 1 heterocycles. The van der Waals surface area contributed by atoms with E-state index in [-0.39, 0.29) is 5.78 Å². The summed E-state index contributed by atoms with van der Waals surface area (Å²) in [7, 11) is 0. The molecule has 0 spiro atoms. The van der Waals surface area contributed by atoms with Crippen LogP contribution in [0.4, 0.5) is 14.5 Å². The SMILES string of the molecule is CC1=C(C(=O)Nc2cccc(F)c2)[C@H](c2ccc(F)cc2)C2=C(CCCC2=O)N1. The smallest absolute Gasteiger partial charge is 0.254 e. The van der Waals surface area contributed by atoms with Crippen molar-refractivity contribution in [3.63, 3.8) is 0 Å². The van der Waals surface area contributed by atoms with E-state index in [4.69, 9.17) is 0 Å². The monoisotopic (exact) mass is 394 g/mol. The van der Waals surface area contributed by atoms with Crippen LogP contribution >= 0.6 is 0 Å². The molecule has 4 nitrogen and oxygen atoms in total. The van der Waals surface area contributed by atoms with Gasteiger partial charge in [-0.25, -0.2) is 8.78 Å². The van der Waals surface area contributed by atoms with E-state index in [0.717, 1.165) is 18.5 Å². The molecule has 0 bridgehead atoms. The maximum Gasteiger partial charge on any atom is 0.254 e. The van der Waals surface area contributed by atoms with Crippen LogP contribution in [0.2, 0.25) is 0 Å². The number of ketones is 1. The molecule has 0 fully saturated rings. The van der Waals surface area contributed by atoms with Crippen molar-refractivity contribution in [2.45, 2.75) is 32.1 Å². The van der Waals surface area contributed by atoms with E-state index in [0.29, 0.717) is 34.5 Å². The van der Waals surface area contributed by atoms with Crippen molar-refractivity contribution in [2.24, 2.45) is 0 Å². The van der Waals surface area contributed by atoms with E-state index in [2.05, 4.69) is 10.6 Å². The summed E-state index contributed by atoms with van der Waals surface area (Å²) in [5.41, 5.74) is 3.35. The fraction of sp³-hybridized carbons (Fsp3) is 0.217. The van der Waals surface area contributed by atoms with Crippen molar-refractivity contribution < 1.29 is 18.4 Å². The number of allylic oxidation sites excluding steroid dienone is 3. The highest BCUT2D eigenvalue weighted by atomic mass is 19.1. The normalized spacial score (nSPS) is 19.0. The number of benzene rings is 2. The fourth-order valence-electron chi connectivity index (χ4n) is 4.04. The van der Waals surface area contributed by atoms with E-state index in [1.54, 1.807) is 25.1 Å². The molecule has 0 saturated carbocycles. The van der Waals surface area contributed by atoms with Crippen molar-refractivity contribution in [3.05, 3.63) is 88.3 Å². The highest BCUT2D eigenvalue weighted by Gasteiger charge is 2.38. The van der Waals surface area contributed by atoms with E-state index < -0.39 is 23.5 Å². The third kappa shape index (κ3) is 3.70. The lowest BCUT2D eigenvalue weighted by Gasteiger charge is -2.34. The summed E-state index contributed by atoms with van der Waals surface area (Å²) >= 11 is 0. The second-order valence-corrected chi connectivity index (χ2v) is 7.28. The molecule has 2 aromatic carbocycles. The van der Waals surface area contributed by atoms with Crippen LogP contribution < -0.4 is 10.6 Å². The second-order valence-electron chi connectivity index (χ2n) is 7.28. The summed E-state index contributed by atoms with van der Waals surface area (Å²) in [5, 5.41) is 5.94. The number of hydrogen-bond donors (Lipinski definition) is 2. The predicted octanol–water partition coefficient (Wildman–Crippen LogP) is 4.57. The molecule has 1 atom stereocenters. The maximum atomic E-state index is 13.5.